The molecule has 1 heterocycles. The fourth-order valence-corrected chi connectivity index (χ4v) is 4.61. The zero-order chi connectivity index (χ0) is 20.9. The molecule has 0 fully saturated rings. The predicted molar refractivity (Wildman–Crippen MR) is 113 cm³/mol. The highest BCUT2D eigenvalue weighted by molar-refractivity contribution is 6.42. The summed E-state index contributed by atoms with van der Waals surface area (Å²) >= 11 is 12.2. The van der Waals surface area contributed by atoms with Crippen molar-refractivity contribution in [1.29, 1.82) is 0 Å². The van der Waals surface area contributed by atoms with Gasteiger partial charge in [0.2, 0.25) is 5.91 Å². The molecular weight excluding hydrogens is 412 g/mol. The molecule has 1 aliphatic heterocycles. The predicted octanol–water partition coefficient (Wildman–Crippen LogP) is 6.30. The molecule has 2 aliphatic rings. The number of allylic oxidation sites excluding steroid dienone is 2. The van der Waals surface area contributed by atoms with E-state index < -0.39 is 0 Å². The molecule has 0 saturated carbocycles. The Morgan fingerprint density at radius 1 is 1.00 bits per heavy atom. The first-order valence-electron chi connectivity index (χ1n) is 9.46. The quantitative estimate of drug-likeness (QED) is 0.559. The minimum absolute atomic E-state index is 0.0307. The molecule has 0 bridgehead atoms. The Balaban J connectivity index is 1.89. The van der Waals surface area contributed by atoms with Crippen LogP contribution in [0.3, 0.4) is 0 Å². The molecule has 150 valence electrons. The van der Waals surface area contributed by atoms with Crippen molar-refractivity contribution in [2.45, 2.75) is 39.0 Å². The molecule has 0 saturated heterocycles. The fraction of sp³-hybridized carbons (Fsp3) is 0.304. The third-order valence-corrected chi connectivity index (χ3v) is 6.32. The van der Waals surface area contributed by atoms with Crippen LogP contribution in [0.1, 0.15) is 44.6 Å². The van der Waals surface area contributed by atoms with Crippen molar-refractivity contribution in [2.75, 3.05) is 4.90 Å². The number of ketones is 1. The van der Waals surface area contributed by atoms with Gasteiger partial charge in [0.15, 0.2) is 5.78 Å². The van der Waals surface area contributed by atoms with Gasteiger partial charge >= 0.3 is 0 Å². The number of rotatable bonds is 2. The summed E-state index contributed by atoms with van der Waals surface area (Å²) in [4.78, 5) is 28.0. The first-order chi connectivity index (χ1) is 13.7. The lowest BCUT2D eigenvalue weighted by Crippen LogP contribution is -2.43. The highest BCUT2D eigenvalue weighted by Gasteiger charge is 2.44. The van der Waals surface area contributed by atoms with Crippen LogP contribution in [0, 0.1) is 11.2 Å². The van der Waals surface area contributed by atoms with Crippen molar-refractivity contribution in [2.24, 2.45) is 5.41 Å². The van der Waals surface area contributed by atoms with Gasteiger partial charge in [-0.1, -0.05) is 49.2 Å². The molecule has 2 aromatic carbocycles. The zero-order valence-corrected chi connectivity index (χ0v) is 17.6. The van der Waals surface area contributed by atoms with Crippen LogP contribution in [-0.2, 0) is 9.59 Å². The van der Waals surface area contributed by atoms with Crippen LogP contribution in [0.5, 0.6) is 0 Å². The van der Waals surface area contributed by atoms with E-state index in [-0.39, 0.29) is 35.3 Å². The normalized spacial score (nSPS) is 21.4. The summed E-state index contributed by atoms with van der Waals surface area (Å²) in [6.45, 7) is 4.04. The van der Waals surface area contributed by atoms with Crippen molar-refractivity contribution in [3.8, 4) is 0 Å². The maximum Gasteiger partial charge on any atom is 0.232 e. The fourth-order valence-electron chi connectivity index (χ4n) is 4.32. The molecule has 1 atom stereocenters. The summed E-state index contributed by atoms with van der Waals surface area (Å²) in [7, 11) is 0. The Hall–Kier alpha value is -2.17. The van der Waals surface area contributed by atoms with Gasteiger partial charge in [-0.3, -0.25) is 14.5 Å². The van der Waals surface area contributed by atoms with Gasteiger partial charge in [0.25, 0.3) is 0 Å². The first kappa shape index (κ1) is 20.1. The summed E-state index contributed by atoms with van der Waals surface area (Å²) < 4.78 is 13.4. The van der Waals surface area contributed by atoms with E-state index in [2.05, 4.69) is 0 Å². The standard InChI is InChI=1S/C23H20Cl2FNO2/c1-23(2)11-19-22(20(28)12-23)16(13-3-5-14(26)6-4-13)10-21(29)27(19)15-7-8-17(24)18(25)9-15/h3-9,16H,10-12H2,1-2H3. The molecule has 0 spiro atoms. The molecule has 1 unspecified atom stereocenters. The van der Waals surface area contributed by atoms with E-state index in [0.717, 1.165) is 5.56 Å². The molecule has 1 amide bonds. The van der Waals surface area contributed by atoms with Crippen molar-refractivity contribution < 1.29 is 14.0 Å². The lowest BCUT2D eigenvalue weighted by molar-refractivity contribution is -0.121. The van der Waals surface area contributed by atoms with Crippen LogP contribution < -0.4 is 4.90 Å². The maximum absolute atomic E-state index is 13.4. The Morgan fingerprint density at radius 3 is 2.34 bits per heavy atom. The molecule has 0 aromatic heterocycles. The minimum atomic E-state index is -0.374. The summed E-state index contributed by atoms with van der Waals surface area (Å²) in [5, 5.41) is 0.750. The van der Waals surface area contributed by atoms with Gasteiger partial charge in [0.1, 0.15) is 5.82 Å². The van der Waals surface area contributed by atoms with Crippen LogP contribution in [0.25, 0.3) is 0 Å². The van der Waals surface area contributed by atoms with Crippen molar-refractivity contribution >= 4 is 40.6 Å². The number of carbonyl (C=O) groups excluding carboxylic acids is 2. The van der Waals surface area contributed by atoms with E-state index in [0.29, 0.717) is 39.8 Å². The number of anilines is 1. The number of amides is 1. The van der Waals surface area contributed by atoms with Crippen LogP contribution >= 0.6 is 23.2 Å². The largest absolute Gasteiger partial charge is 0.294 e. The summed E-state index contributed by atoms with van der Waals surface area (Å²) in [6, 6.07) is 11.1. The van der Waals surface area contributed by atoms with Crippen LogP contribution in [-0.4, -0.2) is 11.7 Å². The zero-order valence-electron chi connectivity index (χ0n) is 16.1. The molecule has 0 N–H and O–H groups in total. The van der Waals surface area contributed by atoms with Gasteiger partial charge < -0.3 is 0 Å². The second-order valence-electron chi connectivity index (χ2n) is 8.44. The Bertz CT molecular complexity index is 1040. The molecule has 0 radical (unpaired) electrons. The highest BCUT2D eigenvalue weighted by atomic mass is 35.5. The molecule has 2 aromatic rings. The Kier molecular flexibility index (Phi) is 5.04. The molecule has 1 aliphatic carbocycles. The van der Waals surface area contributed by atoms with Gasteiger partial charge in [-0.2, -0.15) is 0 Å². The van der Waals surface area contributed by atoms with Gasteiger partial charge in [0.05, 0.1) is 15.7 Å². The van der Waals surface area contributed by atoms with Gasteiger partial charge in [-0.05, 0) is 47.7 Å². The Labute approximate surface area is 179 Å². The Morgan fingerprint density at radius 2 is 1.69 bits per heavy atom. The third kappa shape index (κ3) is 3.72. The smallest absolute Gasteiger partial charge is 0.232 e. The second kappa shape index (κ2) is 7.26. The van der Waals surface area contributed by atoms with E-state index in [1.165, 1.54) is 12.1 Å². The van der Waals surface area contributed by atoms with Crippen molar-refractivity contribution in [1.82, 2.24) is 0 Å². The van der Waals surface area contributed by atoms with Crippen molar-refractivity contribution in [3.05, 3.63) is 75.2 Å². The van der Waals surface area contributed by atoms with Gasteiger partial charge in [-0.25, -0.2) is 4.39 Å². The second-order valence-corrected chi connectivity index (χ2v) is 9.25. The number of hydrogen-bond acceptors (Lipinski definition) is 2. The lowest BCUT2D eigenvalue weighted by Gasteiger charge is -2.43. The van der Waals surface area contributed by atoms with E-state index in [9.17, 15) is 14.0 Å². The number of carbonyl (C=O) groups is 2. The van der Waals surface area contributed by atoms with E-state index >= 15 is 0 Å². The average molecular weight is 432 g/mol. The van der Waals surface area contributed by atoms with Crippen LogP contribution in [0.2, 0.25) is 10.0 Å². The number of benzene rings is 2. The van der Waals surface area contributed by atoms with Gasteiger partial charge in [0, 0.05) is 30.0 Å². The van der Waals surface area contributed by atoms with Crippen LogP contribution in [0.4, 0.5) is 10.1 Å². The summed E-state index contributed by atoms with van der Waals surface area (Å²) in [5.41, 5.74) is 2.45. The number of halogens is 3. The lowest BCUT2D eigenvalue weighted by atomic mass is 9.69. The third-order valence-electron chi connectivity index (χ3n) is 5.58. The molecule has 6 heteroatoms. The first-order valence-corrected chi connectivity index (χ1v) is 10.2. The molecular formula is C23H20Cl2FNO2. The number of nitrogens with zero attached hydrogens (tertiary/aromatic N) is 1. The number of Topliss-reactive ketones (excluding diaryl/α,β-unsaturated/α-hetero) is 1. The van der Waals surface area contributed by atoms with Crippen molar-refractivity contribution in [3.63, 3.8) is 0 Å². The summed E-state index contributed by atoms with van der Waals surface area (Å²) in [6.07, 6.45) is 1.13. The SMILES string of the molecule is CC1(C)CC(=O)C2=C(C1)N(c1ccc(Cl)c(Cl)c1)C(=O)CC2c1ccc(F)cc1. The molecule has 29 heavy (non-hydrogen) atoms. The maximum atomic E-state index is 13.4. The minimum Gasteiger partial charge on any atom is -0.294 e. The van der Waals surface area contributed by atoms with E-state index in [1.807, 2.05) is 13.8 Å². The highest BCUT2D eigenvalue weighted by Crippen LogP contribution is 2.48. The average Bonchev–Trinajstić information content (AvgIpc) is 2.63. The van der Waals surface area contributed by atoms with Gasteiger partial charge in [-0.15, -0.1) is 0 Å². The van der Waals surface area contributed by atoms with Crippen LogP contribution in [0.15, 0.2) is 53.7 Å². The monoisotopic (exact) mass is 431 g/mol. The molecule has 4 rings (SSSR count). The number of hydrogen-bond donors (Lipinski definition) is 0. The molecule has 3 nitrogen and oxygen atoms in total. The van der Waals surface area contributed by atoms with E-state index in [1.54, 1.807) is 35.2 Å². The topological polar surface area (TPSA) is 37.4 Å². The van der Waals surface area contributed by atoms with E-state index in [4.69, 9.17) is 23.2 Å². The summed E-state index contributed by atoms with van der Waals surface area (Å²) in [5.74, 6) is -0.815.